The van der Waals surface area contributed by atoms with Gasteiger partial charge in [0, 0.05) is 0 Å². The molecule has 0 saturated carbocycles. The van der Waals surface area contributed by atoms with E-state index < -0.39 is 0 Å². The van der Waals surface area contributed by atoms with Crippen LogP contribution in [0.2, 0.25) is 0 Å². The fourth-order valence-corrected chi connectivity index (χ4v) is 4.43. The third kappa shape index (κ3) is 1.24. The van der Waals surface area contributed by atoms with Crippen molar-refractivity contribution in [3.63, 3.8) is 0 Å². The zero-order chi connectivity index (χ0) is 12.4. The van der Waals surface area contributed by atoms with E-state index in [2.05, 4.69) is 48.5 Å². The SMILES string of the molecule is c1ccc2c(c1)C[C@H]1[C@H](C2)[C@H]2O[C@H]1c1ccccc12. The Labute approximate surface area is 113 Å². The van der Waals surface area contributed by atoms with Crippen LogP contribution in [-0.2, 0) is 17.6 Å². The lowest BCUT2D eigenvalue weighted by molar-refractivity contribution is 0.0546. The van der Waals surface area contributed by atoms with E-state index in [-0.39, 0.29) is 0 Å². The number of benzene rings is 2. The summed E-state index contributed by atoms with van der Waals surface area (Å²) in [7, 11) is 0. The maximum atomic E-state index is 6.32. The van der Waals surface area contributed by atoms with Crippen molar-refractivity contribution >= 4 is 0 Å². The van der Waals surface area contributed by atoms with Crippen molar-refractivity contribution in [2.45, 2.75) is 25.0 Å². The Balaban J connectivity index is 1.62. The molecule has 1 saturated heterocycles. The van der Waals surface area contributed by atoms with Crippen LogP contribution >= 0.6 is 0 Å². The summed E-state index contributed by atoms with van der Waals surface area (Å²) < 4.78 is 6.32. The highest BCUT2D eigenvalue weighted by molar-refractivity contribution is 5.42. The average molecular weight is 248 g/mol. The van der Waals surface area contributed by atoms with Gasteiger partial charge in [-0.25, -0.2) is 0 Å². The van der Waals surface area contributed by atoms with Crippen molar-refractivity contribution < 1.29 is 4.74 Å². The fraction of sp³-hybridized carbons (Fsp3) is 0.333. The summed E-state index contributed by atoms with van der Waals surface area (Å²) in [5.74, 6) is 1.38. The van der Waals surface area contributed by atoms with Crippen LogP contribution < -0.4 is 0 Å². The molecule has 2 aliphatic heterocycles. The van der Waals surface area contributed by atoms with Gasteiger partial charge in [0.1, 0.15) is 0 Å². The fourth-order valence-electron chi connectivity index (χ4n) is 4.43. The molecule has 0 N–H and O–H groups in total. The lowest BCUT2D eigenvalue weighted by Gasteiger charge is -2.34. The maximum absolute atomic E-state index is 6.32. The van der Waals surface area contributed by atoms with Crippen molar-refractivity contribution in [1.29, 1.82) is 0 Å². The molecule has 19 heavy (non-hydrogen) atoms. The lowest BCUT2D eigenvalue weighted by atomic mass is 9.67. The minimum atomic E-state index is 0.347. The highest BCUT2D eigenvalue weighted by atomic mass is 16.5. The van der Waals surface area contributed by atoms with E-state index in [0.717, 1.165) is 0 Å². The Bertz CT molecular complexity index is 604. The van der Waals surface area contributed by atoms with Crippen LogP contribution in [0.5, 0.6) is 0 Å². The third-order valence-electron chi connectivity index (χ3n) is 5.26. The van der Waals surface area contributed by atoms with Gasteiger partial charge in [0.2, 0.25) is 0 Å². The normalized spacial score (nSPS) is 33.7. The Morgan fingerprint density at radius 2 is 1.16 bits per heavy atom. The lowest BCUT2D eigenvalue weighted by Crippen LogP contribution is -2.29. The molecule has 1 nitrogen and oxygen atoms in total. The van der Waals surface area contributed by atoms with Crippen LogP contribution in [0, 0.1) is 11.8 Å². The Kier molecular flexibility index (Phi) is 1.88. The minimum Gasteiger partial charge on any atom is -0.365 e. The number of hydrogen-bond donors (Lipinski definition) is 0. The van der Waals surface area contributed by atoms with Crippen LogP contribution in [0.25, 0.3) is 0 Å². The van der Waals surface area contributed by atoms with Gasteiger partial charge < -0.3 is 4.74 Å². The predicted octanol–water partition coefficient (Wildman–Crippen LogP) is 3.84. The van der Waals surface area contributed by atoms with Gasteiger partial charge in [-0.15, -0.1) is 0 Å². The van der Waals surface area contributed by atoms with Crippen molar-refractivity contribution in [3.8, 4) is 0 Å². The molecule has 5 rings (SSSR count). The number of rotatable bonds is 0. The molecule has 2 heterocycles. The zero-order valence-corrected chi connectivity index (χ0v) is 10.8. The quantitative estimate of drug-likeness (QED) is 0.688. The minimum absolute atomic E-state index is 0.347. The molecule has 2 aromatic rings. The molecule has 0 spiro atoms. The summed E-state index contributed by atoms with van der Waals surface area (Å²) in [6.07, 6.45) is 3.08. The summed E-state index contributed by atoms with van der Waals surface area (Å²) in [5.41, 5.74) is 5.98. The van der Waals surface area contributed by atoms with Crippen LogP contribution in [0.1, 0.15) is 34.5 Å². The molecule has 0 unspecified atom stereocenters. The van der Waals surface area contributed by atoms with Crippen molar-refractivity contribution in [2.75, 3.05) is 0 Å². The van der Waals surface area contributed by atoms with Gasteiger partial charge in [-0.2, -0.15) is 0 Å². The molecule has 1 aliphatic carbocycles. The molecule has 0 aromatic heterocycles. The van der Waals surface area contributed by atoms with E-state index in [1.165, 1.54) is 35.1 Å². The van der Waals surface area contributed by atoms with Gasteiger partial charge in [-0.1, -0.05) is 48.5 Å². The second-order valence-corrected chi connectivity index (χ2v) is 6.11. The first-order chi connectivity index (χ1) is 9.42. The van der Waals surface area contributed by atoms with Gasteiger partial charge in [0.25, 0.3) is 0 Å². The van der Waals surface area contributed by atoms with Gasteiger partial charge >= 0.3 is 0 Å². The van der Waals surface area contributed by atoms with Crippen LogP contribution in [0.4, 0.5) is 0 Å². The van der Waals surface area contributed by atoms with Crippen LogP contribution in [0.15, 0.2) is 48.5 Å². The standard InChI is InChI=1S/C18H16O/c1-2-6-12-10-16-15(9-11(12)5-1)17-13-7-3-4-8-14(13)18(16)19-17/h1-8,15-18H,9-10H2/t15-,16-,17-,18-/m0/s1. The monoisotopic (exact) mass is 248 g/mol. The Morgan fingerprint density at radius 1 is 0.684 bits per heavy atom. The molecular weight excluding hydrogens is 232 g/mol. The van der Waals surface area contributed by atoms with Crippen molar-refractivity contribution in [3.05, 3.63) is 70.8 Å². The van der Waals surface area contributed by atoms with E-state index in [4.69, 9.17) is 4.74 Å². The predicted molar refractivity (Wildman–Crippen MR) is 73.8 cm³/mol. The number of hydrogen-bond acceptors (Lipinski definition) is 1. The molecule has 94 valence electrons. The topological polar surface area (TPSA) is 9.23 Å². The first-order valence-corrected chi connectivity index (χ1v) is 7.23. The van der Waals surface area contributed by atoms with Crippen LogP contribution in [-0.4, -0.2) is 0 Å². The Hall–Kier alpha value is -1.60. The summed E-state index contributed by atoms with van der Waals surface area (Å²) >= 11 is 0. The summed E-state index contributed by atoms with van der Waals surface area (Å²) in [5, 5.41) is 0. The highest BCUT2D eigenvalue weighted by Gasteiger charge is 2.53. The van der Waals surface area contributed by atoms with E-state index >= 15 is 0 Å². The van der Waals surface area contributed by atoms with E-state index in [9.17, 15) is 0 Å². The summed E-state index contributed by atoms with van der Waals surface area (Å²) in [4.78, 5) is 0. The molecule has 1 fully saturated rings. The van der Waals surface area contributed by atoms with E-state index in [1.54, 1.807) is 0 Å². The van der Waals surface area contributed by atoms with E-state index in [0.29, 0.717) is 24.0 Å². The molecule has 0 radical (unpaired) electrons. The van der Waals surface area contributed by atoms with Gasteiger partial charge in [0.15, 0.2) is 0 Å². The molecule has 2 bridgehead atoms. The second kappa shape index (κ2) is 3.49. The Morgan fingerprint density at radius 3 is 1.68 bits per heavy atom. The van der Waals surface area contributed by atoms with Crippen LogP contribution in [0.3, 0.4) is 0 Å². The molecule has 2 aromatic carbocycles. The number of fused-ring (bicyclic) bond motifs is 9. The van der Waals surface area contributed by atoms with Gasteiger partial charge in [-0.05, 0) is 46.9 Å². The zero-order valence-electron chi connectivity index (χ0n) is 10.8. The third-order valence-corrected chi connectivity index (χ3v) is 5.26. The average Bonchev–Trinajstić information content (AvgIpc) is 3.02. The summed E-state index contributed by atoms with van der Waals surface area (Å²) in [6, 6.07) is 17.7. The second-order valence-electron chi connectivity index (χ2n) is 6.11. The molecule has 4 atom stereocenters. The molecule has 3 aliphatic rings. The summed E-state index contributed by atoms with van der Waals surface area (Å²) in [6.45, 7) is 0. The molecule has 1 heteroatoms. The molecular formula is C18H16O. The van der Waals surface area contributed by atoms with Crippen molar-refractivity contribution in [2.24, 2.45) is 11.8 Å². The molecule has 0 amide bonds. The first-order valence-electron chi connectivity index (χ1n) is 7.23. The first kappa shape index (κ1) is 10.2. The van der Waals surface area contributed by atoms with Gasteiger partial charge in [0.05, 0.1) is 12.2 Å². The van der Waals surface area contributed by atoms with Crippen molar-refractivity contribution in [1.82, 2.24) is 0 Å². The number of ether oxygens (including phenoxy) is 1. The van der Waals surface area contributed by atoms with E-state index in [1.807, 2.05) is 0 Å². The maximum Gasteiger partial charge on any atom is 0.0872 e. The van der Waals surface area contributed by atoms with Gasteiger partial charge in [-0.3, -0.25) is 0 Å². The largest absolute Gasteiger partial charge is 0.365 e. The smallest absolute Gasteiger partial charge is 0.0872 e. The highest BCUT2D eigenvalue weighted by Crippen LogP contribution is 2.60.